The monoisotopic (exact) mass is 440 g/mol. The number of likely N-dealkylation sites (tertiary alicyclic amines) is 1. The number of rotatable bonds is 8. The maximum atomic E-state index is 12.8. The number of hydrogen-bond donors (Lipinski definition) is 3. The van der Waals surface area contributed by atoms with Crippen molar-refractivity contribution in [2.75, 3.05) is 45.3 Å². The number of H-pyrrole nitrogens is 1. The number of carbonyl (C=O) groups excluding carboxylic acids is 1. The molecule has 4 N–H and O–H groups in total. The first-order valence-corrected chi connectivity index (χ1v) is 10.5. The van der Waals surface area contributed by atoms with Gasteiger partial charge in [-0.3, -0.25) is 14.8 Å². The third-order valence-corrected chi connectivity index (χ3v) is 6.05. The Balaban J connectivity index is 1.56. The lowest BCUT2D eigenvalue weighted by atomic mass is 10.0. The molecule has 1 aliphatic rings. The summed E-state index contributed by atoms with van der Waals surface area (Å²) in [5, 5.41) is 10.9. The molecule has 1 aromatic heterocycles. The van der Waals surface area contributed by atoms with Gasteiger partial charge < -0.3 is 20.5 Å². The molecule has 0 saturated carbocycles. The van der Waals surface area contributed by atoms with Gasteiger partial charge in [-0.25, -0.2) is 4.98 Å². The van der Waals surface area contributed by atoms with Crippen LogP contribution in [0.5, 0.6) is 5.75 Å². The fraction of sp³-hybridized carbons (Fsp3) is 0.500. The molecule has 2 aromatic rings. The van der Waals surface area contributed by atoms with E-state index in [4.69, 9.17) is 26.8 Å². The van der Waals surface area contributed by atoms with Crippen LogP contribution in [0.1, 0.15) is 16.8 Å². The Hall–Kier alpha value is -2.01. The van der Waals surface area contributed by atoms with Crippen LogP contribution < -0.4 is 15.8 Å². The summed E-state index contributed by atoms with van der Waals surface area (Å²) < 4.78 is 10.9. The van der Waals surface area contributed by atoms with Gasteiger partial charge in [0.2, 0.25) is 0 Å². The summed E-state index contributed by atoms with van der Waals surface area (Å²) in [6.45, 7) is 2.49. The van der Waals surface area contributed by atoms with Gasteiger partial charge in [-0.1, -0.05) is 23.4 Å². The van der Waals surface area contributed by atoms with Crippen molar-refractivity contribution in [2.45, 2.75) is 23.7 Å². The fourth-order valence-electron chi connectivity index (χ4n) is 3.28. The number of thioether (sulfide) groups is 1. The van der Waals surface area contributed by atoms with E-state index in [9.17, 15) is 4.79 Å². The Morgan fingerprint density at radius 1 is 1.48 bits per heavy atom. The number of ether oxygens (including phenoxy) is 2. The number of methoxy groups -OCH3 is 2. The molecule has 1 aromatic carbocycles. The third kappa shape index (κ3) is 5.53. The van der Waals surface area contributed by atoms with E-state index in [-0.39, 0.29) is 18.1 Å². The van der Waals surface area contributed by atoms with Gasteiger partial charge in [0.15, 0.2) is 5.16 Å². The minimum absolute atomic E-state index is 0.105. The highest BCUT2D eigenvalue weighted by Gasteiger charge is 2.31. The number of piperidine rings is 1. The Kier molecular flexibility index (Phi) is 7.59. The number of carbonyl (C=O) groups is 1. The first-order valence-electron chi connectivity index (χ1n) is 9.19. The summed E-state index contributed by atoms with van der Waals surface area (Å²) >= 11 is 7.71. The van der Waals surface area contributed by atoms with Crippen LogP contribution in [0.15, 0.2) is 23.6 Å². The van der Waals surface area contributed by atoms with Crippen molar-refractivity contribution in [1.82, 2.24) is 25.4 Å². The van der Waals surface area contributed by atoms with Gasteiger partial charge in [0, 0.05) is 38.6 Å². The zero-order chi connectivity index (χ0) is 20.8. The molecule has 0 bridgehead atoms. The van der Waals surface area contributed by atoms with Crippen molar-refractivity contribution in [2.24, 2.45) is 0 Å². The summed E-state index contributed by atoms with van der Waals surface area (Å²) in [7, 11) is 3.16. The number of nitrogens with one attached hydrogen (secondary N) is 2. The molecule has 1 aliphatic heterocycles. The number of nitrogens with two attached hydrogens (primary N) is 1. The van der Waals surface area contributed by atoms with E-state index in [1.54, 1.807) is 24.9 Å². The van der Waals surface area contributed by atoms with Crippen molar-refractivity contribution in [1.29, 1.82) is 0 Å². The highest BCUT2D eigenvalue weighted by atomic mass is 35.5. The van der Waals surface area contributed by atoms with Crippen LogP contribution in [0.3, 0.4) is 0 Å². The maximum Gasteiger partial charge on any atom is 0.255 e. The summed E-state index contributed by atoms with van der Waals surface area (Å²) in [5.74, 6) is 1.02. The molecule has 29 heavy (non-hydrogen) atoms. The number of anilines is 1. The smallest absolute Gasteiger partial charge is 0.255 e. The number of aromatic nitrogens is 3. The highest BCUT2D eigenvalue weighted by Crippen LogP contribution is 2.29. The second kappa shape index (κ2) is 10.1. The fourth-order valence-corrected chi connectivity index (χ4v) is 4.23. The Morgan fingerprint density at radius 3 is 3.00 bits per heavy atom. The summed E-state index contributed by atoms with van der Waals surface area (Å²) in [6, 6.07) is 2.98. The molecular weight excluding hydrogens is 416 g/mol. The highest BCUT2D eigenvalue weighted by molar-refractivity contribution is 7.99. The molecule has 0 spiro atoms. The van der Waals surface area contributed by atoms with Crippen molar-refractivity contribution in [3.63, 3.8) is 0 Å². The van der Waals surface area contributed by atoms with Crippen molar-refractivity contribution in [3.05, 3.63) is 29.0 Å². The minimum Gasteiger partial charge on any atom is -0.496 e. The SMILES string of the molecule is COc1cc(N)c(Cl)cc1C(=O)N[C@@H]1CCN(CCSc2ncn[nH]2)C[C@@H]1OC. The number of nitrogens with zero attached hydrogens (tertiary/aromatic N) is 3. The van der Waals surface area contributed by atoms with Gasteiger partial charge in [-0.15, -0.1) is 0 Å². The average molecular weight is 441 g/mol. The van der Waals surface area contributed by atoms with Crippen LogP contribution in [0, 0.1) is 0 Å². The summed E-state index contributed by atoms with van der Waals surface area (Å²) in [5.41, 5.74) is 6.52. The molecule has 1 saturated heterocycles. The molecule has 2 atom stereocenters. The second-order valence-electron chi connectivity index (χ2n) is 6.66. The Labute approximate surface area is 178 Å². The molecule has 0 unspecified atom stereocenters. The van der Waals surface area contributed by atoms with Gasteiger partial charge in [0.05, 0.1) is 35.5 Å². The largest absolute Gasteiger partial charge is 0.496 e. The molecule has 1 fully saturated rings. The van der Waals surface area contributed by atoms with E-state index in [0.29, 0.717) is 22.0 Å². The lowest BCUT2D eigenvalue weighted by molar-refractivity contribution is 0.00833. The molecular formula is C18H25ClN6O3S. The number of benzene rings is 1. The summed E-state index contributed by atoms with van der Waals surface area (Å²) in [4.78, 5) is 19.3. The van der Waals surface area contributed by atoms with Crippen LogP contribution in [0.25, 0.3) is 0 Å². The van der Waals surface area contributed by atoms with Crippen LogP contribution in [0.4, 0.5) is 5.69 Å². The molecule has 3 rings (SSSR count). The van der Waals surface area contributed by atoms with Crippen LogP contribution in [0.2, 0.25) is 5.02 Å². The number of hydrogen-bond acceptors (Lipinski definition) is 8. The predicted octanol–water partition coefficient (Wildman–Crippen LogP) is 1.66. The molecule has 0 radical (unpaired) electrons. The van der Waals surface area contributed by atoms with Crippen molar-refractivity contribution < 1.29 is 14.3 Å². The standard InChI is InChI=1S/C18H25ClN6O3S/c1-27-15-8-13(20)12(19)7-11(15)17(26)23-14-3-4-25(9-16(14)28-2)5-6-29-18-21-10-22-24-18/h7-8,10,14,16H,3-6,9,20H2,1-2H3,(H,23,26)(H,21,22,24)/t14-,16+/m1/s1. The first kappa shape index (κ1) is 21.7. The van der Waals surface area contributed by atoms with Crippen molar-refractivity contribution >= 4 is 35.0 Å². The van der Waals surface area contributed by atoms with E-state index in [1.165, 1.54) is 19.5 Å². The zero-order valence-electron chi connectivity index (χ0n) is 16.4. The molecule has 2 heterocycles. The molecule has 0 aliphatic carbocycles. The van der Waals surface area contributed by atoms with Crippen LogP contribution in [-0.2, 0) is 4.74 Å². The third-order valence-electron chi connectivity index (χ3n) is 4.87. The number of halogens is 1. The quantitative estimate of drug-likeness (QED) is 0.419. The minimum atomic E-state index is -0.259. The second-order valence-corrected chi connectivity index (χ2v) is 8.15. The van der Waals surface area contributed by atoms with Crippen molar-refractivity contribution in [3.8, 4) is 5.75 Å². The Morgan fingerprint density at radius 2 is 2.31 bits per heavy atom. The molecule has 1 amide bonds. The lowest BCUT2D eigenvalue weighted by Crippen LogP contribution is -2.55. The van der Waals surface area contributed by atoms with Gasteiger partial charge >= 0.3 is 0 Å². The number of aromatic amines is 1. The van der Waals surface area contributed by atoms with E-state index in [1.807, 2.05) is 0 Å². The number of amides is 1. The topological polar surface area (TPSA) is 118 Å². The number of nitrogen functional groups attached to an aromatic ring is 1. The van der Waals surface area contributed by atoms with Gasteiger partial charge in [-0.2, -0.15) is 5.10 Å². The van der Waals surface area contributed by atoms with E-state index in [0.717, 1.165) is 37.0 Å². The van der Waals surface area contributed by atoms with Gasteiger partial charge in [0.25, 0.3) is 5.91 Å². The summed E-state index contributed by atoms with van der Waals surface area (Å²) in [6.07, 6.45) is 2.17. The average Bonchev–Trinajstić information content (AvgIpc) is 3.24. The molecule has 9 nitrogen and oxygen atoms in total. The van der Waals surface area contributed by atoms with E-state index < -0.39 is 0 Å². The molecule has 158 valence electrons. The van der Waals surface area contributed by atoms with Crippen LogP contribution >= 0.6 is 23.4 Å². The van der Waals surface area contributed by atoms with Gasteiger partial charge in [-0.05, 0) is 12.5 Å². The molecule has 11 heteroatoms. The first-order chi connectivity index (χ1) is 14.0. The van der Waals surface area contributed by atoms with E-state index in [2.05, 4.69) is 25.4 Å². The van der Waals surface area contributed by atoms with Crippen LogP contribution in [-0.4, -0.2) is 77.7 Å². The predicted molar refractivity (Wildman–Crippen MR) is 113 cm³/mol. The lowest BCUT2D eigenvalue weighted by Gasteiger charge is -2.38. The zero-order valence-corrected chi connectivity index (χ0v) is 17.9. The van der Waals surface area contributed by atoms with Gasteiger partial charge in [0.1, 0.15) is 12.1 Å². The maximum absolute atomic E-state index is 12.8. The normalized spacial score (nSPS) is 19.8. The Bertz CT molecular complexity index is 822. The van der Waals surface area contributed by atoms with E-state index >= 15 is 0 Å².